The second-order valence-corrected chi connectivity index (χ2v) is 6.13. The van der Waals surface area contributed by atoms with Crippen LogP contribution in [0.5, 0.6) is 11.5 Å². The van der Waals surface area contributed by atoms with Gasteiger partial charge in [-0.3, -0.25) is 9.59 Å². The third kappa shape index (κ3) is 3.71. The number of allylic oxidation sites excluding steroid dienone is 1. The van der Waals surface area contributed by atoms with Crippen LogP contribution in [0.15, 0.2) is 30.9 Å². The fourth-order valence-electron chi connectivity index (χ4n) is 2.30. The Balaban J connectivity index is 2.30. The number of ketones is 1. The van der Waals surface area contributed by atoms with E-state index in [1.807, 2.05) is 6.07 Å². The van der Waals surface area contributed by atoms with Gasteiger partial charge in [-0.15, -0.1) is 17.9 Å². The summed E-state index contributed by atoms with van der Waals surface area (Å²) >= 11 is 1.32. The van der Waals surface area contributed by atoms with Crippen molar-refractivity contribution >= 4 is 33.2 Å². The van der Waals surface area contributed by atoms with Gasteiger partial charge in [-0.1, -0.05) is 6.08 Å². The average Bonchev–Trinajstić information content (AvgIpc) is 2.95. The maximum Gasteiger partial charge on any atom is 0.307 e. The molecular weight excluding hydrogens is 316 g/mol. The van der Waals surface area contributed by atoms with E-state index in [2.05, 4.69) is 6.58 Å². The van der Waals surface area contributed by atoms with E-state index in [-0.39, 0.29) is 18.6 Å². The fourth-order valence-corrected chi connectivity index (χ4v) is 3.32. The van der Waals surface area contributed by atoms with Crippen molar-refractivity contribution in [1.29, 1.82) is 0 Å². The monoisotopic (exact) mass is 334 g/mol. The predicted molar refractivity (Wildman–Crippen MR) is 89.8 cm³/mol. The van der Waals surface area contributed by atoms with Crippen LogP contribution in [-0.2, 0) is 4.79 Å². The van der Waals surface area contributed by atoms with E-state index in [1.165, 1.54) is 17.4 Å². The van der Waals surface area contributed by atoms with Gasteiger partial charge in [-0.25, -0.2) is 0 Å². The molecule has 0 radical (unpaired) electrons. The molecule has 2 rings (SSSR count). The molecule has 5 nitrogen and oxygen atoms in total. The Bertz CT molecular complexity index is 706. The molecule has 1 N–H and O–H groups in total. The highest BCUT2D eigenvalue weighted by Crippen LogP contribution is 2.37. The first-order valence-corrected chi connectivity index (χ1v) is 7.84. The number of rotatable bonds is 8. The standard InChI is InChI=1S/C17H18O5S/c1-4-5-10(17(19)20)6-12(18)16-8-11-7-13(21-2)14(22-3)9-15(11)23-16/h4,7-10H,1,5-6H2,2-3H3,(H,19,20). The Kier molecular flexibility index (Phi) is 5.39. The van der Waals surface area contributed by atoms with Gasteiger partial charge in [0.1, 0.15) is 0 Å². The third-order valence-electron chi connectivity index (χ3n) is 3.53. The third-order valence-corrected chi connectivity index (χ3v) is 4.67. The van der Waals surface area contributed by atoms with E-state index in [0.717, 1.165) is 10.1 Å². The first-order chi connectivity index (χ1) is 11.0. The molecule has 0 aliphatic heterocycles. The maximum atomic E-state index is 12.4. The molecule has 0 spiro atoms. The Hall–Kier alpha value is -2.34. The smallest absolute Gasteiger partial charge is 0.307 e. The van der Waals surface area contributed by atoms with Gasteiger partial charge in [0.25, 0.3) is 0 Å². The van der Waals surface area contributed by atoms with Crippen LogP contribution in [0.25, 0.3) is 10.1 Å². The highest BCUT2D eigenvalue weighted by molar-refractivity contribution is 7.20. The summed E-state index contributed by atoms with van der Waals surface area (Å²) in [5.41, 5.74) is 0. The Morgan fingerprint density at radius 1 is 1.26 bits per heavy atom. The zero-order chi connectivity index (χ0) is 17.0. The minimum absolute atomic E-state index is 0.0392. The first kappa shape index (κ1) is 17.0. The van der Waals surface area contributed by atoms with Crippen LogP contribution < -0.4 is 9.47 Å². The molecular formula is C17H18O5S. The normalized spacial score (nSPS) is 11.9. The van der Waals surface area contributed by atoms with Crippen LogP contribution in [0, 0.1) is 5.92 Å². The second-order valence-electron chi connectivity index (χ2n) is 5.04. The van der Waals surface area contributed by atoms with Crippen molar-refractivity contribution in [3.05, 3.63) is 35.7 Å². The average molecular weight is 334 g/mol. The van der Waals surface area contributed by atoms with Crippen molar-refractivity contribution in [1.82, 2.24) is 0 Å². The molecule has 122 valence electrons. The lowest BCUT2D eigenvalue weighted by atomic mass is 9.98. The van der Waals surface area contributed by atoms with Crippen molar-refractivity contribution in [3.63, 3.8) is 0 Å². The van der Waals surface area contributed by atoms with Crippen molar-refractivity contribution in [2.75, 3.05) is 14.2 Å². The molecule has 1 aromatic carbocycles. The molecule has 23 heavy (non-hydrogen) atoms. The topological polar surface area (TPSA) is 72.8 Å². The number of methoxy groups -OCH3 is 2. The zero-order valence-corrected chi connectivity index (χ0v) is 13.8. The summed E-state index contributed by atoms with van der Waals surface area (Å²) < 4.78 is 11.4. The van der Waals surface area contributed by atoms with Gasteiger partial charge < -0.3 is 14.6 Å². The Morgan fingerprint density at radius 2 is 1.91 bits per heavy atom. The highest BCUT2D eigenvalue weighted by atomic mass is 32.1. The van der Waals surface area contributed by atoms with E-state index in [9.17, 15) is 9.59 Å². The second kappa shape index (κ2) is 7.28. The van der Waals surface area contributed by atoms with E-state index in [1.54, 1.807) is 26.4 Å². The molecule has 0 saturated carbocycles. The summed E-state index contributed by atoms with van der Waals surface area (Å²) in [7, 11) is 3.10. The van der Waals surface area contributed by atoms with E-state index in [0.29, 0.717) is 16.4 Å². The number of aliphatic carboxylic acids is 1. The lowest BCUT2D eigenvalue weighted by molar-refractivity contribution is -0.141. The lowest BCUT2D eigenvalue weighted by Crippen LogP contribution is -2.17. The zero-order valence-electron chi connectivity index (χ0n) is 13.0. The van der Waals surface area contributed by atoms with E-state index >= 15 is 0 Å². The number of fused-ring (bicyclic) bond motifs is 1. The molecule has 0 amide bonds. The number of carbonyl (C=O) groups is 2. The Morgan fingerprint density at radius 3 is 2.48 bits per heavy atom. The number of carboxylic acid groups (broad SMARTS) is 1. The minimum atomic E-state index is -0.984. The number of thiophene rings is 1. The molecule has 0 fully saturated rings. The molecule has 1 aromatic heterocycles. The quantitative estimate of drug-likeness (QED) is 0.588. The maximum absolute atomic E-state index is 12.4. The summed E-state index contributed by atoms with van der Waals surface area (Å²) in [5.74, 6) is -0.724. The van der Waals surface area contributed by atoms with Crippen molar-refractivity contribution in [3.8, 4) is 11.5 Å². The molecule has 2 aromatic rings. The van der Waals surface area contributed by atoms with Gasteiger partial charge in [0.05, 0.1) is 25.0 Å². The number of benzene rings is 1. The highest BCUT2D eigenvalue weighted by Gasteiger charge is 2.22. The number of carboxylic acids is 1. The summed E-state index contributed by atoms with van der Waals surface area (Å²) in [4.78, 5) is 24.1. The molecule has 0 bridgehead atoms. The molecule has 0 saturated heterocycles. The van der Waals surface area contributed by atoms with E-state index < -0.39 is 11.9 Å². The van der Waals surface area contributed by atoms with Crippen LogP contribution in [0.2, 0.25) is 0 Å². The number of carbonyl (C=O) groups excluding carboxylic acids is 1. The number of Topliss-reactive ketones (excluding diaryl/α,β-unsaturated/α-hetero) is 1. The molecule has 6 heteroatoms. The molecule has 1 atom stereocenters. The molecule has 0 aliphatic carbocycles. The van der Waals surface area contributed by atoms with Crippen LogP contribution in [0.1, 0.15) is 22.5 Å². The molecule has 0 aliphatic rings. The summed E-state index contributed by atoms with van der Waals surface area (Å²) in [6.45, 7) is 3.54. The van der Waals surface area contributed by atoms with Gasteiger partial charge in [0.15, 0.2) is 17.3 Å². The van der Waals surface area contributed by atoms with Gasteiger partial charge in [0, 0.05) is 17.2 Å². The Labute approximate surface area is 138 Å². The fraction of sp³-hybridized carbons (Fsp3) is 0.294. The van der Waals surface area contributed by atoms with Gasteiger partial charge in [-0.05, 0) is 23.9 Å². The SMILES string of the molecule is C=CCC(CC(=O)c1cc2cc(OC)c(OC)cc2s1)C(=O)O. The first-order valence-electron chi connectivity index (χ1n) is 7.02. The van der Waals surface area contributed by atoms with Crippen LogP contribution >= 0.6 is 11.3 Å². The predicted octanol–water partition coefficient (Wildman–Crippen LogP) is 3.77. The van der Waals surface area contributed by atoms with Gasteiger partial charge >= 0.3 is 5.97 Å². The van der Waals surface area contributed by atoms with Crippen molar-refractivity contribution in [2.24, 2.45) is 5.92 Å². The van der Waals surface area contributed by atoms with Crippen molar-refractivity contribution < 1.29 is 24.2 Å². The molecule has 1 heterocycles. The largest absolute Gasteiger partial charge is 0.493 e. The lowest BCUT2D eigenvalue weighted by Gasteiger charge is -2.07. The van der Waals surface area contributed by atoms with Crippen LogP contribution in [0.4, 0.5) is 0 Å². The summed E-state index contributed by atoms with van der Waals surface area (Å²) in [6.07, 6.45) is 1.75. The van der Waals surface area contributed by atoms with Crippen LogP contribution in [-0.4, -0.2) is 31.1 Å². The number of hydrogen-bond donors (Lipinski definition) is 1. The summed E-state index contributed by atoms with van der Waals surface area (Å²) in [6, 6.07) is 5.38. The number of ether oxygens (including phenoxy) is 2. The van der Waals surface area contributed by atoms with Crippen LogP contribution in [0.3, 0.4) is 0 Å². The van der Waals surface area contributed by atoms with E-state index in [4.69, 9.17) is 14.6 Å². The van der Waals surface area contributed by atoms with Gasteiger partial charge in [-0.2, -0.15) is 0 Å². The van der Waals surface area contributed by atoms with Crippen molar-refractivity contribution in [2.45, 2.75) is 12.8 Å². The molecule has 1 unspecified atom stereocenters. The summed E-state index contributed by atoms with van der Waals surface area (Å²) in [5, 5.41) is 10.0. The number of hydrogen-bond acceptors (Lipinski definition) is 5. The van der Waals surface area contributed by atoms with Gasteiger partial charge in [0.2, 0.25) is 0 Å². The minimum Gasteiger partial charge on any atom is -0.493 e.